The van der Waals surface area contributed by atoms with Crippen molar-refractivity contribution in [3.8, 4) is 0 Å². The zero-order valence-corrected chi connectivity index (χ0v) is 18.9. The summed E-state index contributed by atoms with van der Waals surface area (Å²) in [7, 11) is 1.77. The van der Waals surface area contributed by atoms with Gasteiger partial charge in [-0.15, -0.1) is 24.0 Å². The maximum atomic E-state index is 11.8. The third-order valence-electron chi connectivity index (χ3n) is 4.54. The summed E-state index contributed by atoms with van der Waals surface area (Å²) in [6, 6.07) is 10.5. The van der Waals surface area contributed by atoms with Crippen LogP contribution in [0.3, 0.4) is 0 Å². The van der Waals surface area contributed by atoms with E-state index in [1.807, 2.05) is 30.0 Å². The Hall–Kier alpha value is -1.35. The van der Waals surface area contributed by atoms with Crippen molar-refractivity contribution in [2.45, 2.75) is 39.3 Å². The van der Waals surface area contributed by atoms with Gasteiger partial charge < -0.3 is 20.3 Å². The van der Waals surface area contributed by atoms with Crippen molar-refractivity contribution >= 4 is 35.8 Å². The van der Waals surface area contributed by atoms with Gasteiger partial charge in [0.25, 0.3) is 0 Å². The monoisotopic (exact) mass is 488 g/mol. The SMILES string of the molecule is CCC(=O)N1CCC(NC(=NC)NCC(C)COCc2ccccc2)C1.I. The van der Waals surface area contributed by atoms with E-state index in [-0.39, 0.29) is 35.9 Å². The fraction of sp³-hybridized carbons (Fsp3) is 0.600. The minimum Gasteiger partial charge on any atom is -0.376 e. The van der Waals surface area contributed by atoms with Crippen LogP contribution in [0.5, 0.6) is 0 Å². The number of hydrogen-bond donors (Lipinski definition) is 2. The van der Waals surface area contributed by atoms with Gasteiger partial charge >= 0.3 is 0 Å². The van der Waals surface area contributed by atoms with Gasteiger partial charge in [-0.05, 0) is 17.9 Å². The fourth-order valence-corrected chi connectivity index (χ4v) is 3.00. The molecule has 1 saturated heterocycles. The lowest BCUT2D eigenvalue weighted by molar-refractivity contribution is -0.129. The van der Waals surface area contributed by atoms with E-state index in [9.17, 15) is 4.79 Å². The molecule has 1 aliphatic rings. The summed E-state index contributed by atoms with van der Waals surface area (Å²) >= 11 is 0. The minimum atomic E-state index is 0. The maximum absolute atomic E-state index is 11.8. The Morgan fingerprint density at radius 3 is 2.78 bits per heavy atom. The predicted octanol–water partition coefficient (Wildman–Crippen LogP) is 2.63. The van der Waals surface area contributed by atoms with Gasteiger partial charge in [0.15, 0.2) is 5.96 Å². The molecule has 7 heteroatoms. The van der Waals surface area contributed by atoms with E-state index in [0.717, 1.165) is 32.0 Å². The number of carbonyl (C=O) groups is 1. The number of ether oxygens (including phenoxy) is 1. The van der Waals surface area contributed by atoms with Crippen LogP contribution in [0.1, 0.15) is 32.3 Å². The third kappa shape index (κ3) is 8.47. The van der Waals surface area contributed by atoms with Crippen LogP contribution in [-0.2, 0) is 16.1 Å². The number of likely N-dealkylation sites (tertiary alicyclic amines) is 1. The van der Waals surface area contributed by atoms with Crippen molar-refractivity contribution in [1.29, 1.82) is 0 Å². The Labute approximate surface area is 180 Å². The average molecular weight is 488 g/mol. The van der Waals surface area contributed by atoms with E-state index < -0.39 is 0 Å². The molecule has 0 bridgehead atoms. The van der Waals surface area contributed by atoms with Crippen molar-refractivity contribution < 1.29 is 9.53 Å². The number of hydrogen-bond acceptors (Lipinski definition) is 3. The first-order chi connectivity index (χ1) is 12.6. The third-order valence-corrected chi connectivity index (χ3v) is 4.54. The minimum absolute atomic E-state index is 0. The van der Waals surface area contributed by atoms with E-state index in [0.29, 0.717) is 25.6 Å². The van der Waals surface area contributed by atoms with Crippen molar-refractivity contribution in [2.75, 3.05) is 33.3 Å². The predicted molar refractivity (Wildman–Crippen MR) is 120 cm³/mol. The van der Waals surface area contributed by atoms with Crippen molar-refractivity contribution in [3.63, 3.8) is 0 Å². The number of halogens is 1. The first-order valence-corrected chi connectivity index (χ1v) is 9.49. The second-order valence-corrected chi connectivity index (χ2v) is 6.88. The van der Waals surface area contributed by atoms with E-state index >= 15 is 0 Å². The summed E-state index contributed by atoms with van der Waals surface area (Å²) in [6.07, 6.45) is 1.53. The first-order valence-electron chi connectivity index (χ1n) is 9.49. The van der Waals surface area contributed by atoms with Gasteiger partial charge in [-0.1, -0.05) is 44.2 Å². The molecular formula is C20H33IN4O2. The lowest BCUT2D eigenvalue weighted by atomic mass is 10.2. The number of guanidine groups is 1. The molecule has 0 aliphatic carbocycles. The number of benzene rings is 1. The second kappa shape index (κ2) is 12.9. The van der Waals surface area contributed by atoms with Crippen molar-refractivity contribution in [1.82, 2.24) is 15.5 Å². The molecule has 0 spiro atoms. The molecule has 6 nitrogen and oxygen atoms in total. The van der Waals surface area contributed by atoms with E-state index in [2.05, 4.69) is 34.7 Å². The fourth-order valence-electron chi connectivity index (χ4n) is 3.00. The highest BCUT2D eigenvalue weighted by Gasteiger charge is 2.25. The molecule has 1 aromatic carbocycles. The van der Waals surface area contributed by atoms with Gasteiger partial charge in [0.05, 0.1) is 13.2 Å². The lowest BCUT2D eigenvalue weighted by Crippen LogP contribution is -2.46. The molecule has 1 aromatic rings. The smallest absolute Gasteiger partial charge is 0.222 e. The first kappa shape index (κ1) is 23.7. The molecule has 0 radical (unpaired) electrons. The highest BCUT2D eigenvalue weighted by molar-refractivity contribution is 14.0. The number of amides is 1. The molecule has 2 atom stereocenters. The lowest BCUT2D eigenvalue weighted by Gasteiger charge is -2.20. The topological polar surface area (TPSA) is 66.0 Å². The molecular weight excluding hydrogens is 455 g/mol. The van der Waals surface area contributed by atoms with E-state index in [1.165, 1.54) is 5.56 Å². The summed E-state index contributed by atoms with van der Waals surface area (Å²) < 4.78 is 5.79. The van der Waals surface area contributed by atoms with Crippen LogP contribution in [0.15, 0.2) is 35.3 Å². The van der Waals surface area contributed by atoms with Crippen LogP contribution in [0.25, 0.3) is 0 Å². The summed E-state index contributed by atoms with van der Waals surface area (Å²) in [5.74, 6) is 1.39. The van der Waals surface area contributed by atoms with E-state index in [1.54, 1.807) is 7.05 Å². The zero-order valence-electron chi connectivity index (χ0n) is 16.6. The van der Waals surface area contributed by atoms with Gasteiger partial charge in [-0.25, -0.2) is 0 Å². The largest absolute Gasteiger partial charge is 0.376 e. The number of nitrogens with one attached hydrogen (secondary N) is 2. The number of nitrogens with zero attached hydrogens (tertiary/aromatic N) is 2. The van der Waals surface area contributed by atoms with Gasteiger partial charge in [-0.3, -0.25) is 9.79 Å². The maximum Gasteiger partial charge on any atom is 0.222 e. The van der Waals surface area contributed by atoms with Crippen LogP contribution in [0.2, 0.25) is 0 Å². The molecule has 2 N–H and O–H groups in total. The standard InChI is InChI=1S/C20H32N4O2.HI/c1-4-19(25)24-11-10-18(13-24)23-20(21-3)22-12-16(2)14-26-15-17-8-6-5-7-9-17;/h5-9,16,18H,4,10-15H2,1-3H3,(H2,21,22,23);1H. The Morgan fingerprint density at radius 2 is 2.11 bits per heavy atom. The van der Waals surface area contributed by atoms with Crippen LogP contribution >= 0.6 is 24.0 Å². The Morgan fingerprint density at radius 1 is 1.37 bits per heavy atom. The van der Waals surface area contributed by atoms with E-state index in [4.69, 9.17) is 4.74 Å². The molecule has 27 heavy (non-hydrogen) atoms. The molecule has 2 unspecified atom stereocenters. The summed E-state index contributed by atoms with van der Waals surface area (Å²) in [4.78, 5) is 18.0. The molecule has 1 fully saturated rings. The molecule has 152 valence electrons. The number of aliphatic imine (C=N–C) groups is 1. The summed E-state index contributed by atoms with van der Waals surface area (Å²) in [6.45, 7) is 7.77. The summed E-state index contributed by atoms with van der Waals surface area (Å²) in [5.41, 5.74) is 1.19. The van der Waals surface area contributed by atoms with Crippen LogP contribution < -0.4 is 10.6 Å². The van der Waals surface area contributed by atoms with Crippen LogP contribution in [-0.4, -0.2) is 56.1 Å². The average Bonchev–Trinajstić information content (AvgIpc) is 3.14. The Bertz CT molecular complexity index is 583. The zero-order chi connectivity index (χ0) is 18.8. The van der Waals surface area contributed by atoms with Crippen molar-refractivity contribution in [2.24, 2.45) is 10.9 Å². The molecule has 0 saturated carbocycles. The highest BCUT2D eigenvalue weighted by atomic mass is 127. The number of rotatable bonds is 8. The van der Waals surface area contributed by atoms with Gasteiger partial charge in [-0.2, -0.15) is 0 Å². The quantitative estimate of drug-likeness (QED) is 0.336. The van der Waals surface area contributed by atoms with Gasteiger partial charge in [0.2, 0.25) is 5.91 Å². The van der Waals surface area contributed by atoms with Gasteiger partial charge in [0, 0.05) is 39.1 Å². The molecule has 0 aromatic heterocycles. The molecule has 1 amide bonds. The molecule has 1 aliphatic heterocycles. The van der Waals surface area contributed by atoms with Crippen molar-refractivity contribution in [3.05, 3.63) is 35.9 Å². The normalized spacial score (nSPS) is 18.0. The second-order valence-electron chi connectivity index (χ2n) is 6.88. The van der Waals surface area contributed by atoms with Gasteiger partial charge in [0.1, 0.15) is 0 Å². The van der Waals surface area contributed by atoms with Crippen LogP contribution in [0.4, 0.5) is 0 Å². The summed E-state index contributed by atoms with van der Waals surface area (Å²) in [5, 5.41) is 6.77. The van der Waals surface area contributed by atoms with Crippen LogP contribution in [0, 0.1) is 5.92 Å². The Kier molecular flexibility index (Phi) is 11.3. The Balaban J connectivity index is 0.00000364. The number of carbonyl (C=O) groups excluding carboxylic acids is 1. The molecule has 1 heterocycles. The molecule has 2 rings (SSSR count). The highest BCUT2D eigenvalue weighted by Crippen LogP contribution is 2.10.